The lowest BCUT2D eigenvalue weighted by molar-refractivity contribution is -0.143. The van der Waals surface area contributed by atoms with E-state index in [0.29, 0.717) is 0 Å². The third-order valence-electron chi connectivity index (χ3n) is 6.83. The highest BCUT2D eigenvalue weighted by molar-refractivity contribution is 6.22. The number of halogens is 17. The lowest BCUT2D eigenvalue weighted by Gasteiger charge is -2.22. The number of methoxy groups -OCH3 is 1. The molecule has 0 saturated carbocycles. The summed E-state index contributed by atoms with van der Waals surface area (Å²) in [6.07, 6.45) is -6.23. The highest BCUT2D eigenvalue weighted by Gasteiger charge is 2.44. The molecule has 0 N–H and O–H groups in total. The van der Waals surface area contributed by atoms with E-state index in [2.05, 4.69) is 4.74 Å². The van der Waals surface area contributed by atoms with Crippen LogP contribution in [0.2, 0.25) is 0 Å². The molecule has 0 aliphatic carbocycles. The molecule has 0 radical (unpaired) electrons. The molecule has 5 aromatic carbocycles. The van der Waals surface area contributed by atoms with Crippen molar-refractivity contribution in [1.82, 2.24) is 0 Å². The summed E-state index contributed by atoms with van der Waals surface area (Å²) < 4.78 is 255. The van der Waals surface area contributed by atoms with Gasteiger partial charge in [0.1, 0.15) is 22.9 Å². The number of fused-ring (bicyclic) bond motifs is 2. The van der Waals surface area contributed by atoms with Crippen molar-refractivity contribution >= 4 is 21.5 Å². The van der Waals surface area contributed by atoms with Gasteiger partial charge in [0.2, 0.25) is 0 Å². The quantitative estimate of drug-likeness (QED) is 0.0798. The topological polar surface area (TPSA) is 9.23 Å². The van der Waals surface area contributed by atoms with E-state index in [-0.39, 0.29) is 12.1 Å². The van der Waals surface area contributed by atoms with Crippen LogP contribution in [0.5, 0.6) is 5.75 Å². The third-order valence-corrected chi connectivity index (χ3v) is 6.83. The summed E-state index contributed by atoms with van der Waals surface area (Å²) in [7, 11) is 0.833. The van der Waals surface area contributed by atoms with Gasteiger partial charge < -0.3 is 4.74 Å². The van der Waals surface area contributed by atoms with Crippen LogP contribution in [0.4, 0.5) is 74.6 Å². The molecule has 0 bridgehead atoms. The summed E-state index contributed by atoms with van der Waals surface area (Å²) in [5.41, 5.74) is -12.4. The Morgan fingerprint density at radius 2 is 0.696 bits per heavy atom. The number of alkyl halides is 3. The first-order chi connectivity index (χ1) is 21.3. The molecule has 242 valence electrons. The maximum absolute atomic E-state index is 15.5. The fourth-order valence-corrected chi connectivity index (χ4v) is 4.96. The van der Waals surface area contributed by atoms with Crippen LogP contribution in [-0.4, -0.2) is 7.11 Å². The second-order valence-corrected chi connectivity index (χ2v) is 9.23. The fourth-order valence-electron chi connectivity index (χ4n) is 4.96. The van der Waals surface area contributed by atoms with Crippen LogP contribution in [0.1, 0.15) is 5.56 Å². The molecule has 0 aromatic heterocycles. The Kier molecular flexibility index (Phi) is 7.56. The van der Waals surface area contributed by atoms with Gasteiger partial charge in [-0.05, 0) is 0 Å². The zero-order chi connectivity index (χ0) is 34.5. The molecule has 0 amide bonds. The Balaban J connectivity index is 2.28. The van der Waals surface area contributed by atoms with Crippen LogP contribution in [0.25, 0.3) is 43.8 Å². The molecule has 5 rings (SSSR count). The summed E-state index contributed by atoms with van der Waals surface area (Å²) in [6, 6.07) is 0.429. The van der Waals surface area contributed by atoms with Crippen LogP contribution < -0.4 is 4.74 Å². The Hall–Kier alpha value is -4.77. The van der Waals surface area contributed by atoms with Crippen molar-refractivity contribution < 1.29 is 79.4 Å². The first-order valence-electron chi connectivity index (χ1n) is 11.7. The van der Waals surface area contributed by atoms with Crippen LogP contribution >= 0.6 is 0 Å². The van der Waals surface area contributed by atoms with Crippen molar-refractivity contribution in [2.24, 2.45) is 0 Å². The molecular formula is C28H5F17O. The predicted molar refractivity (Wildman–Crippen MR) is 123 cm³/mol. The molecular weight excluding hydrogens is 675 g/mol. The van der Waals surface area contributed by atoms with Gasteiger partial charge in [-0.25, -0.2) is 61.5 Å². The lowest BCUT2D eigenvalue weighted by atomic mass is 9.83. The van der Waals surface area contributed by atoms with Gasteiger partial charge in [-0.15, -0.1) is 0 Å². The summed E-state index contributed by atoms with van der Waals surface area (Å²) in [4.78, 5) is 0. The van der Waals surface area contributed by atoms with Gasteiger partial charge in [-0.1, -0.05) is 0 Å². The summed E-state index contributed by atoms with van der Waals surface area (Å²) in [5, 5.41) is -9.19. The van der Waals surface area contributed by atoms with Gasteiger partial charge in [0.05, 0.1) is 18.2 Å². The zero-order valence-electron chi connectivity index (χ0n) is 21.5. The van der Waals surface area contributed by atoms with E-state index >= 15 is 35.1 Å². The number of benzene rings is 5. The van der Waals surface area contributed by atoms with E-state index in [1.165, 1.54) is 0 Å². The maximum atomic E-state index is 15.5. The Morgan fingerprint density at radius 3 is 0.978 bits per heavy atom. The third kappa shape index (κ3) is 4.32. The summed E-state index contributed by atoms with van der Waals surface area (Å²) in [6.45, 7) is 0. The van der Waals surface area contributed by atoms with E-state index < -0.39 is 143 Å². The number of rotatable bonds is 3. The second kappa shape index (κ2) is 10.7. The average molecular weight is 680 g/mol. The van der Waals surface area contributed by atoms with Crippen molar-refractivity contribution in [2.45, 2.75) is 6.18 Å². The van der Waals surface area contributed by atoms with Gasteiger partial charge in [-0.2, -0.15) is 13.2 Å². The molecule has 0 spiro atoms. The first-order valence-corrected chi connectivity index (χ1v) is 11.7. The molecule has 5 aromatic rings. The average Bonchev–Trinajstić information content (AvgIpc) is 2.98. The molecule has 0 unspecified atom stereocenters. The Morgan fingerprint density at radius 1 is 0.391 bits per heavy atom. The molecule has 0 aliphatic rings. The van der Waals surface area contributed by atoms with Crippen molar-refractivity contribution in [3.05, 3.63) is 99.1 Å². The molecule has 18 heteroatoms. The molecule has 46 heavy (non-hydrogen) atoms. The molecule has 0 heterocycles. The van der Waals surface area contributed by atoms with Crippen molar-refractivity contribution in [3.63, 3.8) is 0 Å². The predicted octanol–water partition coefficient (Wildman–Crippen LogP) is 10.3. The monoisotopic (exact) mass is 680 g/mol. The summed E-state index contributed by atoms with van der Waals surface area (Å²) in [5.74, 6) is -41.4. The van der Waals surface area contributed by atoms with Crippen molar-refractivity contribution in [2.75, 3.05) is 7.11 Å². The normalized spacial score (nSPS) is 12.1. The van der Waals surface area contributed by atoms with Gasteiger partial charge >= 0.3 is 6.18 Å². The van der Waals surface area contributed by atoms with E-state index in [9.17, 15) is 39.5 Å². The Labute approximate surface area is 242 Å². The first kappa shape index (κ1) is 32.6. The van der Waals surface area contributed by atoms with E-state index in [1.54, 1.807) is 0 Å². The van der Waals surface area contributed by atoms with Crippen molar-refractivity contribution in [1.29, 1.82) is 0 Å². The van der Waals surface area contributed by atoms with E-state index in [0.717, 1.165) is 7.11 Å². The zero-order valence-corrected chi connectivity index (χ0v) is 21.5. The molecule has 1 nitrogen and oxygen atoms in total. The number of hydrogen-bond donors (Lipinski definition) is 0. The van der Waals surface area contributed by atoms with E-state index in [4.69, 9.17) is 0 Å². The minimum absolute atomic E-state index is 0.215. The number of ether oxygens (including phenoxy) is 1. The van der Waals surface area contributed by atoms with Crippen molar-refractivity contribution in [3.8, 4) is 28.0 Å². The minimum Gasteiger partial charge on any atom is -0.497 e. The lowest BCUT2D eigenvalue weighted by Crippen LogP contribution is -2.16. The minimum atomic E-state index is -6.23. The highest BCUT2D eigenvalue weighted by Crippen LogP contribution is 2.52. The molecule has 0 fully saturated rings. The number of hydrogen-bond acceptors (Lipinski definition) is 1. The molecule has 0 saturated heterocycles. The summed E-state index contributed by atoms with van der Waals surface area (Å²) >= 11 is 0. The van der Waals surface area contributed by atoms with Crippen LogP contribution in [0, 0.1) is 81.4 Å². The molecule has 0 aliphatic heterocycles. The maximum Gasteiger partial charge on any atom is 0.422 e. The van der Waals surface area contributed by atoms with Crippen LogP contribution in [-0.2, 0) is 6.18 Å². The van der Waals surface area contributed by atoms with Gasteiger partial charge in [0.25, 0.3) is 0 Å². The Bertz CT molecular complexity index is 2040. The van der Waals surface area contributed by atoms with Crippen LogP contribution in [0.3, 0.4) is 0 Å². The van der Waals surface area contributed by atoms with Gasteiger partial charge in [-0.3, -0.25) is 0 Å². The van der Waals surface area contributed by atoms with Gasteiger partial charge in [0, 0.05) is 44.8 Å². The second-order valence-electron chi connectivity index (χ2n) is 9.23. The SMILES string of the molecule is COc1cc(F)c(-c2c3c(F)c(F)c(F)c(F)c3c(-c3c(F)c(F)c(C(F)(F)F)c(F)c3F)c3c(F)c(F)c(F)c(F)c23)c(F)c1. The largest absolute Gasteiger partial charge is 0.497 e. The highest BCUT2D eigenvalue weighted by atomic mass is 19.4. The smallest absolute Gasteiger partial charge is 0.422 e. The van der Waals surface area contributed by atoms with Gasteiger partial charge in [0.15, 0.2) is 69.8 Å². The standard InChI is InChI=1S/C28H5F17O/c1-46-4-2-5(29)7(6(30)3-4)8-10-12(18(33)26(41)24(39)16(10)31)9(13-11(8)17(32)25(40)27(42)19(13)34)14-20(35)22(37)15(28(43,44)45)23(38)21(14)36/h2-3H,1H3. The van der Waals surface area contributed by atoms with Crippen LogP contribution in [0.15, 0.2) is 12.1 Å². The van der Waals surface area contributed by atoms with E-state index in [1.807, 2.05) is 0 Å². The fraction of sp³-hybridized carbons (Fsp3) is 0.0714. The molecule has 0 atom stereocenters.